The average molecular weight is 206 g/mol. The largest absolute Gasteiger partial charge is 0.344 e. The average Bonchev–Trinajstić information content (AvgIpc) is 2.75. The molecule has 0 N–H and O–H groups in total. The second kappa shape index (κ2) is 2.49. The second-order valence-electron chi connectivity index (χ2n) is 6.03. The second-order valence-corrected chi connectivity index (χ2v) is 6.03. The van der Waals surface area contributed by atoms with Crippen molar-refractivity contribution in [1.82, 2.24) is 0 Å². The summed E-state index contributed by atoms with van der Waals surface area (Å²) in [4.78, 5) is 0. The summed E-state index contributed by atoms with van der Waals surface area (Å²) < 4.78 is 12.1. The predicted octanol–water partition coefficient (Wildman–Crippen LogP) is 2.35. The summed E-state index contributed by atoms with van der Waals surface area (Å²) in [5.74, 6) is 2.84. The van der Waals surface area contributed by atoms with Crippen molar-refractivity contribution in [1.29, 1.82) is 0 Å². The van der Waals surface area contributed by atoms with Gasteiger partial charge in [0.1, 0.15) is 0 Å². The lowest BCUT2D eigenvalue weighted by Gasteiger charge is -2.31. The van der Waals surface area contributed by atoms with E-state index in [1.165, 1.54) is 12.8 Å². The van der Waals surface area contributed by atoms with Crippen molar-refractivity contribution >= 4 is 0 Å². The number of hydrogen-bond acceptors (Lipinski definition) is 2. The molecule has 3 fully saturated rings. The van der Waals surface area contributed by atoms with Gasteiger partial charge in [-0.05, 0) is 50.4 Å². The molecule has 3 aliphatic carbocycles. The zero-order valence-electron chi connectivity index (χ0n) is 9.35. The third-order valence-corrected chi connectivity index (χ3v) is 4.86. The highest BCUT2D eigenvalue weighted by Crippen LogP contribution is 2.61. The number of rotatable bonds is 0. The standard InChI is InChI=1S/C13H18O2/c1-13(2)14-11-9-6-10(12(11)15-13)8-5-3-4-7(8)9/h3-4,7-12H,5-6H2,1-2H3/t7-,8+,9+,10-,11+,12-/m1/s1. The van der Waals surface area contributed by atoms with E-state index < -0.39 is 0 Å². The Morgan fingerprint density at radius 2 is 1.80 bits per heavy atom. The highest BCUT2D eigenvalue weighted by atomic mass is 16.8. The maximum atomic E-state index is 6.06. The molecule has 4 aliphatic rings. The van der Waals surface area contributed by atoms with Crippen LogP contribution in [-0.4, -0.2) is 18.0 Å². The molecule has 1 saturated heterocycles. The van der Waals surface area contributed by atoms with Gasteiger partial charge >= 0.3 is 0 Å². The van der Waals surface area contributed by atoms with Gasteiger partial charge in [0.25, 0.3) is 0 Å². The summed E-state index contributed by atoms with van der Waals surface area (Å²) in [6.07, 6.45) is 8.19. The molecule has 15 heavy (non-hydrogen) atoms. The van der Waals surface area contributed by atoms with Crippen LogP contribution in [0.1, 0.15) is 26.7 Å². The molecule has 0 amide bonds. The van der Waals surface area contributed by atoms with E-state index >= 15 is 0 Å². The smallest absolute Gasteiger partial charge is 0.163 e. The van der Waals surface area contributed by atoms with Crippen LogP contribution in [0.25, 0.3) is 0 Å². The molecule has 0 spiro atoms. The molecule has 2 heteroatoms. The summed E-state index contributed by atoms with van der Waals surface area (Å²) in [5, 5.41) is 0. The van der Waals surface area contributed by atoms with Crippen molar-refractivity contribution in [3.05, 3.63) is 12.2 Å². The summed E-state index contributed by atoms with van der Waals surface area (Å²) in [5.41, 5.74) is 0. The zero-order valence-corrected chi connectivity index (χ0v) is 9.35. The van der Waals surface area contributed by atoms with Crippen LogP contribution in [0.5, 0.6) is 0 Å². The van der Waals surface area contributed by atoms with E-state index in [1.54, 1.807) is 0 Å². The van der Waals surface area contributed by atoms with Gasteiger partial charge in [-0.15, -0.1) is 0 Å². The SMILES string of the molecule is CC1(C)O[C@@H]2[C@@H]3C[C@@H]([C@@H]4C=CC[C@@H]43)[C@@H]2O1. The molecule has 2 saturated carbocycles. The molecular formula is C13H18O2. The Morgan fingerprint density at radius 1 is 1.07 bits per heavy atom. The first-order chi connectivity index (χ1) is 7.16. The molecule has 0 aromatic rings. The lowest BCUT2D eigenvalue weighted by molar-refractivity contribution is -0.158. The highest BCUT2D eigenvalue weighted by molar-refractivity contribution is 5.18. The van der Waals surface area contributed by atoms with Crippen LogP contribution in [-0.2, 0) is 9.47 Å². The third kappa shape index (κ3) is 0.974. The van der Waals surface area contributed by atoms with E-state index in [4.69, 9.17) is 9.47 Å². The van der Waals surface area contributed by atoms with Crippen LogP contribution < -0.4 is 0 Å². The van der Waals surface area contributed by atoms with Gasteiger partial charge in [0.15, 0.2) is 5.79 Å². The molecule has 4 rings (SSSR count). The van der Waals surface area contributed by atoms with Crippen LogP contribution >= 0.6 is 0 Å². The Hall–Kier alpha value is -0.340. The minimum Gasteiger partial charge on any atom is -0.344 e. The van der Waals surface area contributed by atoms with Crippen molar-refractivity contribution in [3.8, 4) is 0 Å². The van der Waals surface area contributed by atoms with Crippen molar-refractivity contribution in [2.24, 2.45) is 23.7 Å². The van der Waals surface area contributed by atoms with Crippen molar-refractivity contribution in [3.63, 3.8) is 0 Å². The van der Waals surface area contributed by atoms with Gasteiger partial charge in [-0.3, -0.25) is 0 Å². The number of allylic oxidation sites excluding steroid dienone is 2. The topological polar surface area (TPSA) is 18.5 Å². The Kier molecular flexibility index (Phi) is 1.46. The van der Waals surface area contributed by atoms with Gasteiger partial charge in [0, 0.05) is 0 Å². The Morgan fingerprint density at radius 3 is 2.60 bits per heavy atom. The fourth-order valence-corrected chi connectivity index (χ4v) is 4.47. The van der Waals surface area contributed by atoms with Gasteiger partial charge in [-0.2, -0.15) is 0 Å². The molecular weight excluding hydrogens is 188 g/mol. The van der Waals surface area contributed by atoms with Crippen LogP contribution in [0, 0.1) is 23.7 Å². The monoisotopic (exact) mass is 206 g/mol. The predicted molar refractivity (Wildman–Crippen MR) is 56.2 cm³/mol. The van der Waals surface area contributed by atoms with E-state index in [0.29, 0.717) is 12.2 Å². The minimum atomic E-state index is -0.339. The highest BCUT2D eigenvalue weighted by Gasteiger charge is 2.63. The van der Waals surface area contributed by atoms with Gasteiger partial charge < -0.3 is 9.47 Å². The Balaban J connectivity index is 1.69. The Labute approximate surface area is 90.6 Å². The summed E-state index contributed by atoms with van der Waals surface area (Å²) in [6.45, 7) is 4.10. The Bertz CT molecular complexity index is 333. The summed E-state index contributed by atoms with van der Waals surface area (Å²) in [7, 11) is 0. The molecule has 0 radical (unpaired) electrons. The normalized spacial score (nSPS) is 58.5. The summed E-state index contributed by atoms with van der Waals surface area (Å²) in [6, 6.07) is 0. The van der Waals surface area contributed by atoms with E-state index in [2.05, 4.69) is 26.0 Å². The first-order valence-corrected chi connectivity index (χ1v) is 6.18. The molecule has 0 aromatic heterocycles. The quantitative estimate of drug-likeness (QED) is 0.566. The molecule has 2 bridgehead atoms. The molecule has 6 atom stereocenters. The first-order valence-electron chi connectivity index (χ1n) is 6.18. The van der Waals surface area contributed by atoms with Crippen LogP contribution in [0.3, 0.4) is 0 Å². The lowest BCUT2D eigenvalue weighted by atomic mass is 9.78. The van der Waals surface area contributed by atoms with Gasteiger partial charge in [0.2, 0.25) is 0 Å². The van der Waals surface area contributed by atoms with Crippen molar-refractivity contribution < 1.29 is 9.47 Å². The fraction of sp³-hybridized carbons (Fsp3) is 0.846. The molecule has 82 valence electrons. The van der Waals surface area contributed by atoms with Gasteiger partial charge in [0.05, 0.1) is 12.2 Å². The van der Waals surface area contributed by atoms with Crippen LogP contribution in [0.2, 0.25) is 0 Å². The van der Waals surface area contributed by atoms with Crippen molar-refractivity contribution in [2.45, 2.75) is 44.7 Å². The molecule has 0 aromatic carbocycles. The van der Waals surface area contributed by atoms with Crippen LogP contribution in [0.4, 0.5) is 0 Å². The maximum absolute atomic E-state index is 6.06. The third-order valence-electron chi connectivity index (χ3n) is 4.86. The minimum absolute atomic E-state index is 0.339. The van der Waals surface area contributed by atoms with E-state index in [0.717, 1.165) is 23.7 Å². The maximum Gasteiger partial charge on any atom is 0.163 e. The number of hydrogen-bond donors (Lipinski definition) is 0. The molecule has 1 heterocycles. The molecule has 2 nitrogen and oxygen atoms in total. The number of fused-ring (bicyclic) bond motifs is 8. The van der Waals surface area contributed by atoms with E-state index in [9.17, 15) is 0 Å². The van der Waals surface area contributed by atoms with Crippen molar-refractivity contribution in [2.75, 3.05) is 0 Å². The molecule has 0 unspecified atom stereocenters. The fourth-order valence-electron chi connectivity index (χ4n) is 4.47. The van der Waals surface area contributed by atoms with E-state index in [-0.39, 0.29) is 5.79 Å². The van der Waals surface area contributed by atoms with Gasteiger partial charge in [-0.1, -0.05) is 12.2 Å². The number of ether oxygens (including phenoxy) is 2. The van der Waals surface area contributed by atoms with E-state index in [1.807, 2.05) is 0 Å². The van der Waals surface area contributed by atoms with Crippen LogP contribution in [0.15, 0.2) is 12.2 Å². The lowest BCUT2D eigenvalue weighted by Crippen LogP contribution is -2.38. The first kappa shape index (κ1) is 8.77. The van der Waals surface area contributed by atoms with Gasteiger partial charge in [-0.25, -0.2) is 0 Å². The zero-order chi connectivity index (χ0) is 10.2. The summed E-state index contributed by atoms with van der Waals surface area (Å²) >= 11 is 0. The molecule has 1 aliphatic heterocycles.